The molecule has 0 radical (unpaired) electrons. The molecular weight excluding hydrogens is 506 g/mol. The molecule has 0 heterocycles. The molecular formula is C38H80ClN. The maximum absolute atomic E-state index is 3.36. The van der Waals surface area contributed by atoms with Crippen LogP contribution in [-0.4, -0.2) is 13.6 Å². The fourth-order valence-corrected chi connectivity index (χ4v) is 6.43. The van der Waals surface area contributed by atoms with Crippen molar-refractivity contribution in [2.75, 3.05) is 13.6 Å². The summed E-state index contributed by atoms with van der Waals surface area (Å²) < 4.78 is 0. The topological polar surface area (TPSA) is 12.0 Å². The second-order valence-corrected chi connectivity index (χ2v) is 13.2. The predicted molar refractivity (Wildman–Crippen MR) is 188 cm³/mol. The smallest absolute Gasteiger partial charge is 0.00518 e. The summed E-state index contributed by atoms with van der Waals surface area (Å²) in [6.45, 7) is 5.82. The monoisotopic (exact) mass is 586 g/mol. The lowest BCUT2D eigenvalue weighted by molar-refractivity contribution is 0.370. The molecule has 0 aliphatic heterocycles. The van der Waals surface area contributed by atoms with Crippen molar-refractivity contribution in [3.63, 3.8) is 0 Å². The fourth-order valence-electron chi connectivity index (χ4n) is 6.43. The van der Waals surface area contributed by atoms with Gasteiger partial charge in [-0.1, -0.05) is 213 Å². The summed E-state index contributed by atoms with van der Waals surface area (Å²) in [4.78, 5) is 0. The molecule has 0 rings (SSSR count). The number of rotatable bonds is 35. The zero-order valence-corrected chi connectivity index (χ0v) is 29.3. The van der Waals surface area contributed by atoms with Gasteiger partial charge in [-0.2, -0.15) is 0 Å². The van der Waals surface area contributed by atoms with Gasteiger partial charge in [-0.15, -0.1) is 12.4 Å². The standard InChI is InChI=1S/C38H79N.ClH/c1-4-6-8-10-12-14-16-18-19-20-21-22-24-26-28-30-32-35-38(36-33-37-39-3)34-31-29-27-25-23-17-15-13-11-9-7-5-2;/h38-39H,4-37H2,1-3H3;1H. The van der Waals surface area contributed by atoms with E-state index in [0.29, 0.717) is 0 Å². The van der Waals surface area contributed by atoms with Crippen LogP contribution in [0.1, 0.15) is 226 Å². The van der Waals surface area contributed by atoms with Crippen LogP contribution in [-0.2, 0) is 0 Å². The summed E-state index contributed by atoms with van der Waals surface area (Å²) in [5.74, 6) is 0.998. The first-order valence-electron chi connectivity index (χ1n) is 19.0. The van der Waals surface area contributed by atoms with Gasteiger partial charge in [-0.25, -0.2) is 0 Å². The average Bonchev–Trinajstić information content (AvgIpc) is 2.95. The second kappa shape index (κ2) is 39.2. The van der Waals surface area contributed by atoms with Crippen molar-refractivity contribution in [3.05, 3.63) is 0 Å². The third-order valence-corrected chi connectivity index (χ3v) is 9.22. The zero-order valence-electron chi connectivity index (χ0n) is 28.5. The number of nitrogens with one attached hydrogen (secondary N) is 1. The fraction of sp³-hybridized carbons (Fsp3) is 1.00. The highest BCUT2D eigenvalue weighted by Gasteiger charge is 2.08. The maximum Gasteiger partial charge on any atom is -0.00518 e. The molecule has 1 N–H and O–H groups in total. The van der Waals surface area contributed by atoms with Gasteiger partial charge in [0.2, 0.25) is 0 Å². The Balaban J connectivity index is 0. The van der Waals surface area contributed by atoms with E-state index >= 15 is 0 Å². The van der Waals surface area contributed by atoms with Crippen LogP contribution < -0.4 is 5.32 Å². The quantitative estimate of drug-likeness (QED) is 0.0729. The Kier molecular flexibility index (Phi) is 41.6. The van der Waals surface area contributed by atoms with Gasteiger partial charge >= 0.3 is 0 Å². The molecule has 0 aromatic rings. The lowest BCUT2D eigenvalue weighted by atomic mass is 9.90. The Bertz CT molecular complexity index is 412. The van der Waals surface area contributed by atoms with Crippen molar-refractivity contribution >= 4 is 12.4 Å². The van der Waals surface area contributed by atoms with E-state index in [1.165, 1.54) is 218 Å². The molecule has 0 spiro atoms. The van der Waals surface area contributed by atoms with Crippen LogP contribution in [0.2, 0.25) is 0 Å². The lowest BCUT2D eigenvalue weighted by Crippen LogP contribution is -2.10. The van der Waals surface area contributed by atoms with Crippen LogP contribution >= 0.6 is 12.4 Å². The van der Waals surface area contributed by atoms with Crippen molar-refractivity contribution in [1.82, 2.24) is 5.32 Å². The highest BCUT2D eigenvalue weighted by atomic mass is 35.5. The minimum atomic E-state index is 0. The van der Waals surface area contributed by atoms with E-state index in [4.69, 9.17) is 0 Å². The van der Waals surface area contributed by atoms with Gasteiger partial charge in [-0.05, 0) is 32.4 Å². The van der Waals surface area contributed by atoms with Gasteiger partial charge in [0.25, 0.3) is 0 Å². The third-order valence-electron chi connectivity index (χ3n) is 9.22. The molecule has 2 heteroatoms. The van der Waals surface area contributed by atoms with Crippen LogP contribution in [0.3, 0.4) is 0 Å². The summed E-state index contributed by atoms with van der Waals surface area (Å²) in [6.07, 6.45) is 48.5. The van der Waals surface area contributed by atoms with Crippen molar-refractivity contribution in [2.45, 2.75) is 226 Å². The van der Waals surface area contributed by atoms with Gasteiger partial charge in [-0.3, -0.25) is 0 Å². The molecule has 0 amide bonds. The maximum atomic E-state index is 3.36. The minimum Gasteiger partial charge on any atom is -0.320 e. The molecule has 1 nitrogen and oxygen atoms in total. The van der Waals surface area contributed by atoms with Crippen molar-refractivity contribution < 1.29 is 0 Å². The Labute approximate surface area is 262 Å². The molecule has 0 bridgehead atoms. The van der Waals surface area contributed by atoms with Crippen molar-refractivity contribution in [1.29, 1.82) is 0 Å². The normalized spacial score (nSPS) is 12.1. The number of hydrogen-bond acceptors (Lipinski definition) is 1. The zero-order chi connectivity index (χ0) is 28.3. The second-order valence-electron chi connectivity index (χ2n) is 13.2. The van der Waals surface area contributed by atoms with Gasteiger partial charge < -0.3 is 5.32 Å². The molecule has 0 aliphatic carbocycles. The number of hydrogen-bond donors (Lipinski definition) is 1. The third kappa shape index (κ3) is 36.3. The molecule has 0 aliphatic rings. The first kappa shape index (κ1) is 42.4. The summed E-state index contributed by atoms with van der Waals surface area (Å²) in [7, 11) is 2.11. The Hall–Kier alpha value is 0.250. The molecule has 40 heavy (non-hydrogen) atoms. The van der Waals surface area contributed by atoms with E-state index in [9.17, 15) is 0 Å². The SMILES string of the molecule is CCCCCCCCCCCCCCCCCCCC(CCCCCCCCCCCCCC)CCCNC.Cl. The van der Waals surface area contributed by atoms with Gasteiger partial charge in [0.1, 0.15) is 0 Å². The summed E-state index contributed by atoms with van der Waals surface area (Å²) in [5.41, 5.74) is 0. The number of unbranched alkanes of at least 4 members (excludes halogenated alkanes) is 27. The van der Waals surface area contributed by atoms with Crippen LogP contribution in [0, 0.1) is 5.92 Å². The Morgan fingerprint density at radius 2 is 0.550 bits per heavy atom. The molecule has 0 aromatic heterocycles. The predicted octanol–water partition coefficient (Wildman–Crippen LogP) is 14.2. The van der Waals surface area contributed by atoms with Crippen molar-refractivity contribution in [2.24, 2.45) is 5.92 Å². The molecule has 1 atom stereocenters. The van der Waals surface area contributed by atoms with E-state index in [0.717, 1.165) is 5.92 Å². The van der Waals surface area contributed by atoms with Gasteiger partial charge in [0.05, 0.1) is 0 Å². The summed E-state index contributed by atoms with van der Waals surface area (Å²) in [6, 6.07) is 0. The molecule has 0 saturated heterocycles. The summed E-state index contributed by atoms with van der Waals surface area (Å²) >= 11 is 0. The van der Waals surface area contributed by atoms with Crippen LogP contribution in [0.25, 0.3) is 0 Å². The Morgan fingerprint density at radius 1 is 0.325 bits per heavy atom. The highest BCUT2D eigenvalue weighted by molar-refractivity contribution is 5.85. The van der Waals surface area contributed by atoms with E-state index in [1.807, 2.05) is 0 Å². The van der Waals surface area contributed by atoms with E-state index in [2.05, 4.69) is 26.2 Å². The van der Waals surface area contributed by atoms with Crippen LogP contribution in [0.5, 0.6) is 0 Å². The Morgan fingerprint density at radius 3 is 0.800 bits per heavy atom. The first-order chi connectivity index (χ1) is 19.3. The average molecular weight is 587 g/mol. The highest BCUT2D eigenvalue weighted by Crippen LogP contribution is 2.23. The van der Waals surface area contributed by atoms with Gasteiger partial charge in [0.15, 0.2) is 0 Å². The van der Waals surface area contributed by atoms with E-state index in [1.54, 1.807) is 0 Å². The molecule has 1 unspecified atom stereocenters. The molecule has 0 fully saturated rings. The molecule has 0 aromatic carbocycles. The van der Waals surface area contributed by atoms with Gasteiger partial charge in [0, 0.05) is 0 Å². The number of halogens is 1. The minimum absolute atomic E-state index is 0. The van der Waals surface area contributed by atoms with Crippen LogP contribution in [0.4, 0.5) is 0 Å². The summed E-state index contributed by atoms with van der Waals surface area (Å²) in [5, 5.41) is 3.36. The van der Waals surface area contributed by atoms with Crippen LogP contribution in [0.15, 0.2) is 0 Å². The lowest BCUT2D eigenvalue weighted by Gasteiger charge is -2.17. The first-order valence-corrected chi connectivity index (χ1v) is 19.0. The largest absolute Gasteiger partial charge is 0.320 e. The van der Waals surface area contributed by atoms with E-state index < -0.39 is 0 Å². The molecule has 244 valence electrons. The van der Waals surface area contributed by atoms with Crippen molar-refractivity contribution in [3.8, 4) is 0 Å². The van der Waals surface area contributed by atoms with E-state index in [-0.39, 0.29) is 12.4 Å². The molecule has 0 saturated carbocycles.